The van der Waals surface area contributed by atoms with Crippen LogP contribution in [0.3, 0.4) is 0 Å². The number of hydrogen-bond donors (Lipinski definition) is 3. The van der Waals surface area contributed by atoms with Crippen LogP contribution >= 0.6 is 0 Å². The third-order valence-electron chi connectivity index (χ3n) is 1.74. The first-order chi connectivity index (χ1) is 5.84. The summed E-state index contributed by atoms with van der Waals surface area (Å²) in [5, 5.41) is 13.2. The number of rotatable bonds is 2. The van der Waals surface area contributed by atoms with Gasteiger partial charge in [-0.25, -0.2) is 5.84 Å². The fourth-order valence-corrected chi connectivity index (χ4v) is 1.08. The maximum atomic E-state index is 8.63. The molecule has 0 aromatic heterocycles. The number of aliphatic imine (C=N–C) groups is 1. The number of nitrogens with zero attached hydrogens (tertiary/aromatic N) is 2. The molecule has 1 heterocycles. The Morgan fingerprint density at radius 1 is 1.58 bits per heavy atom. The average molecular weight is 172 g/mol. The number of nitrogens with one attached hydrogen (secondary N) is 1. The average Bonchev–Trinajstić information content (AvgIpc) is 2.32. The van der Waals surface area contributed by atoms with E-state index in [9.17, 15) is 0 Å². The standard InChI is InChI=1S/C7H16N4O/c8-11(5-6-12)7-9-3-1-2-4-10-7/h12H,1-6,8H2,(H,9,10). The second-order valence-electron chi connectivity index (χ2n) is 2.76. The zero-order chi connectivity index (χ0) is 8.81. The summed E-state index contributed by atoms with van der Waals surface area (Å²) >= 11 is 0. The molecular formula is C7H16N4O. The zero-order valence-corrected chi connectivity index (χ0v) is 7.16. The molecule has 0 unspecified atom stereocenters. The third-order valence-corrected chi connectivity index (χ3v) is 1.74. The molecule has 0 amide bonds. The van der Waals surface area contributed by atoms with Gasteiger partial charge in [0, 0.05) is 13.1 Å². The number of hydrogen-bond acceptors (Lipinski definition) is 5. The second kappa shape index (κ2) is 4.95. The van der Waals surface area contributed by atoms with Crippen LogP contribution in [0.1, 0.15) is 12.8 Å². The summed E-state index contributed by atoms with van der Waals surface area (Å²) in [4.78, 5) is 4.24. The van der Waals surface area contributed by atoms with Crippen molar-refractivity contribution in [1.82, 2.24) is 10.3 Å². The van der Waals surface area contributed by atoms with E-state index in [0.717, 1.165) is 25.9 Å². The number of aliphatic hydroxyl groups is 1. The smallest absolute Gasteiger partial charge is 0.208 e. The van der Waals surface area contributed by atoms with Gasteiger partial charge in [0.25, 0.3) is 0 Å². The van der Waals surface area contributed by atoms with Crippen molar-refractivity contribution < 1.29 is 5.11 Å². The Bertz CT molecular complexity index is 159. The van der Waals surface area contributed by atoms with Crippen LogP contribution < -0.4 is 11.2 Å². The van der Waals surface area contributed by atoms with Crippen LogP contribution in [0, 0.1) is 0 Å². The highest BCUT2D eigenvalue weighted by atomic mass is 16.3. The first kappa shape index (κ1) is 9.28. The van der Waals surface area contributed by atoms with Gasteiger partial charge in [0.1, 0.15) is 0 Å². The minimum atomic E-state index is 0.0528. The van der Waals surface area contributed by atoms with Crippen molar-refractivity contribution in [1.29, 1.82) is 0 Å². The Morgan fingerprint density at radius 3 is 3.17 bits per heavy atom. The lowest BCUT2D eigenvalue weighted by Gasteiger charge is -2.19. The summed E-state index contributed by atoms with van der Waals surface area (Å²) < 4.78 is 0. The molecule has 0 bridgehead atoms. The van der Waals surface area contributed by atoms with Crippen molar-refractivity contribution >= 4 is 5.96 Å². The van der Waals surface area contributed by atoms with E-state index in [1.807, 2.05) is 0 Å². The number of hydrazine groups is 1. The molecule has 70 valence electrons. The third kappa shape index (κ3) is 2.67. The molecular weight excluding hydrogens is 156 g/mol. The van der Waals surface area contributed by atoms with E-state index < -0.39 is 0 Å². The van der Waals surface area contributed by atoms with E-state index in [-0.39, 0.29) is 6.61 Å². The molecule has 12 heavy (non-hydrogen) atoms. The van der Waals surface area contributed by atoms with Crippen LogP contribution in [-0.4, -0.2) is 42.3 Å². The highest BCUT2D eigenvalue weighted by Crippen LogP contribution is 1.94. The summed E-state index contributed by atoms with van der Waals surface area (Å²) in [5.41, 5.74) is 0. The van der Waals surface area contributed by atoms with Crippen molar-refractivity contribution in [2.45, 2.75) is 12.8 Å². The largest absolute Gasteiger partial charge is 0.394 e. The summed E-state index contributed by atoms with van der Waals surface area (Å²) in [6.45, 7) is 2.21. The van der Waals surface area contributed by atoms with Crippen LogP contribution in [-0.2, 0) is 0 Å². The second-order valence-corrected chi connectivity index (χ2v) is 2.76. The maximum absolute atomic E-state index is 8.63. The summed E-state index contributed by atoms with van der Waals surface area (Å²) in [6, 6.07) is 0. The van der Waals surface area contributed by atoms with Gasteiger partial charge < -0.3 is 10.4 Å². The Hall–Kier alpha value is -0.810. The molecule has 0 saturated heterocycles. The van der Waals surface area contributed by atoms with E-state index >= 15 is 0 Å². The monoisotopic (exact) mass is 172 g/mol. The van der Waals surface area contributed by atoms with E-state index in [4.69, 9.17) is 10.9 Å². The van der Waals surface area contributed by atoms with E-state index in [1.165, 1.54) is 5.01 Å². The molecule has 0 saturated carbocycles. The molecule has 0 atom stereocenters. The SMILES string of the molecule is NN(CCO)C1=NCCCCN1. The number of guanidine groups is 1. The van der Waals surface area contributed by atoms with Crippen molar-refractivity contribution in [2.24, 2.45) is 10.8 Å². The summed E-state index contributed by atoms with van der Waals surface area (Å²) in [7, 11) is 0. The Labute approximate surface area is 72.2 Å². The quantitative estimate of drug-likeness (QED) is 0.365. The van der Waals surface area contributed by atoms with Crippen LogP contribution in [0.4, 0.5) is 0 Å². The molecule has 1 aliphatic rings. The molecule has 5 nitrogen and oxygen atoms in total. The fourth-order valence-electron chi connectivity index (χ4n) is 1.08. The van der Waals surface area contributed by atoms with Crippen molar-refractivity contribution in [3.05, 3.63) is 0 Å². The Morgan fingerprint density at radius 2 is 2.42 bits per heavy atom. The molecule has 0 fully saturated rings. The molecule has 0 aromatic carbocycles. The Kier molecular flexibility index (Phi) is 3.83. The topological polar surface area (TPSA) is 73.9 Å². The molecule has 0 aromatic rings. The van der Waals surface area contributed by atoms with Crippen LogP contribution in [0.25, 0.3) is 0 Å². The number of nitrogens with two attached hydrogens (primary N) is 1. The minimum absolute atomic E-state index is 0.0528. The molecule has 1 aliphatic heterocycles. The predicted molar refractivity (Wildman–Crippen MR) is 47.5 cm³/mol. The highest BCUT2D eigenvalue weighted by Gasteiger charge is 2.07. The number of aliphatic hydroxyl groups excluding tert-OH is 1. The van der Waals surface area contributed by atoms with Crippen LogP contribution in [0.2, 0.25) is 0 Å². The summed E-state index contributed by atoms with van der Waals surface area (Å²) in [6.07, 6.45) is 2.23. The van der Waals surface area contributed by atoms with Crippen molar-refractivity contribution in [3.63, 3.8) is 0 Å². The highest BCUT2D eigenvalue weighted by molar-refractivity contribution is 5.79. The van der Waals surface area contributed by atoms with Crippen LogP contribution in [0.15, 0.2) is 4.99 Å². The zero-order valence-electron chi connectivity index (χ0n) is 7.16. The first-order valence-electron chi connectivity index (χ1n) is 4.26. The lowest BCUT2D eigenvalue weighted by molar-refractivity contribution is 0.248. The molecule has 1 rings (SSSR count). The van der Waals surface area contributed by atoms with Gasteiger partial charge in [-0.2, -0.15) is 0 Å². The molecule has 5 heteroatoms. The van der Waals surface area contributed by atoms with Gasteiger partial charge in [0.15, 0.2) is 0 Å². The van der Waals surface area contributed by atoms with Gasteiger partial charge in [-0.3, -0.25) is 10.0 Å². The van der Waals surface area contributed by atoms with Gasteiger partial charge in [-0.15, -0.1) is 0 Å². The predicted octanol–water partition coefficient (Wildman–Crippen LogP) is -1.11. The van der Waals surface area contributed by atoms with Crippen molar-refractivity contribution in [2.75, 3.05) is 26.2 Å². The molecule has 0 aliphatic carbocycles. The van der Waals surface area contributed by atoms with E-state index in [2.05, 4.69) is 10.3 Å². The first-order valence-corrected chi connectivity index (χ1v) is 4.26. The maximum Gasteiger partial charge on any atom is 0.208 e. The lowest BCUT2D eigenvalue weighted by atomic mass is 10.3. The Balaban J connectivity index is 2.41. The minimum Gasteiger partial charge on any atom is -0.394 e. The van der Waals surface area contributed by atoms with E-state index in [0.29, 0.717) is 12.5 Å². The van der Waals surface area contributed by atoms with Crippen molar-refractivity contribution in [3.8, 4) is 0 Å². The van der Waals surface area contributed by atoms with Gasteiger partial charge in [-0.05, 0) is 12.8 Å². The van der Waals surface area contributed by atoms with Gasteiger partial charge >= 0.3 is 0 Å². The van der Waals surface area contributed by atoms with E-state index in [1.54, 1.807) is 0 Å². The fraction of sp³-hybridized carbons (Fsp3) is 0.857. The molecule has 0 radical (unpaired) electrons. The summed E-state index contributed by atoms with van der Waals surface area (Å²) in [5.74, 6) is 6.30. The molecule has 0 spiro atoms. The normalized spacial score (nSPS) is 17.7. The van der Waals surface area contributed by atoms with Gasteiger partial charge in [0.2, 0.25) is 5.96 Å². The van der Waals surface area contributed by atoms with Crippen LogP contribution in [0.5, 0.6) is 0 Å². The molecule has 4 N–H and O–H groups in total. The lowest BCUT2D eigenvalue weighted by Crippen LogP contribution is -2.47. The van der Waals surface area contributed by atoms with Gasteiger partial charge in [0.05, 0.1) is 13.2 Å². The van der Waals surface area contributed by atoms with Gasteiger partial charge in [-0.1, -0.05) is 0 Å².